The van der Waals surface area contributed by atoms with E-state index in [1.807, 2.05) is 6.07 Å². The summed E-state index contributed by atoms with van der Waals surface area (Å²) < 4.78 is 5.53. The standard InChI is InChI=1S/C15H23NO/c1-12(2)15(10-6-7-11-16-15)13-8-4-5-9-14(13)17-3/h4-5,8-9,12,16H,6-7,10-11H2,1-3H3. The minimum absolute atomic E-state index is 0.0881. The molecule has 2 rings (SSSR count). The van der Waals surface area contributed by atoms with Crippen molar-refractivity contribution in [2.75, 3.05) is 13.7 Å². The Bertz CT molecular complexity index is 367. The van der Waals surface area contributed by atoms with Crippen molar-refractivity contribution in [2.24, 2.45) is 5.92 Å². The number of para-hydroxylation sites is 1. The zero-order valence-corrected chi connectivity index (χ0v) is 11.1. The van der Waals surface area contributed by atoms with E-state index >= 15 is 0 Å². The highest BCUT2D eigenvalue weighted by molar-refractivity contribution is 5.40. The van der Waals surface area contributed by atoms with E-state index in [0.717, 1.165) is 12.3 Å². The Balaban J connectivity index is 2.44. The third-order valence-electron chi connectivity index (χ3n) is 4.01. The number of methoxy groups -OCH3 is 1. The second-order valence-electron chi connectivity index (χ2n) is 5.21. The van der Waals surface area contributed by atoms with Gasteiger partial charge >= 0.3 is 0 Å². The molecule has 1 saturated heterocycles. The van der Waals surface area contributed by atoms with Crippen LogP contribution < -0.4 is 10.1 Å². The van der Waals surface area contributed by atoms with E-state index in [1.165, 1.54) is 24.8 Å². The lowest BCUT2D eigenvalue weighted by Gasteiger charge is -2.43. The highest BCUT2D eigenvalue weighted by Crippen LogP contribution is 2.41. The van der Waals surface area contributed by atoms with Gasteiger partial charge in [0.25, 0.3) is 0 Å². The van der Waals surface area contributed by atoms with Crippen molar-refractivity contribution < 1.29 is 4.74 Å². The summed E-state index contributed by atoms with van der Waals surface area (Å²) >= 11 is 0. The van der Waals surface area contributed by atoms with Crippen LogP contribution in [0.5, 0.6) is 5.75 Å². The number of rotatable bonds is 3. The Labute approximate surface area is 104 Å². The van der Waals surface area contributed by atoms with Crippen LogP contribution >= 0.6 is 0 Å². The van der Waals surface area contributed by atoms with Crippen molar-refractivity contribution >= 4 is 0 Å². The molecule has 1 heterocycles. The van der Waals surface area contributed by atoms with Crippen LogP contribution in [0.1, 0.15) is 38.7 Å². The molecule has 0 aromatic heterocycles. The van der Waals surface area contributed by atoms with Crippen LogP contribution in [0.25, 0.3) is 0 Å². The maximum Gasteiger partial charge on any atom is 0.123 e. The number of ether oxygens (including phenoxy) is 1. The second kappa shape index (κ2) is 5.09. The van der Waals surface area contributed by atoms with Gasteiger partial charge in [0.2, 0.25) is 0 Å². The van der Waals surface area contributed by atoms with Gasteiger partial charge in [0, 0.05) is 11.1 Å². The molecule has 1 aliphatic rings. The molecule has 2 heteroatoms. The zero-order chi connectivity index (χ0) is 12.3. The van der Waals surface area contributed by atoms with E-state index in [4.69, 9.17) is 4.74 Å². The molecule has 94 valence electrons. The number of benzene rings is 1. The third-order valence-corrected chi connectivity index (χ3v) is 4.01. The molecular formula is C15H23NO. The fraction of sp³-hybridized carbons (Fsp3) is 0.600. The van der Waals surface area contributed by atoms with Gasteiger partial charge in [-0.3, -0.25) is 0 Å². The molecule has 2 nitrogen and oxygen atoms in total. The topological polar surface area (TPSA) is 21.3 Å². The number of hydrogen-bond acceptors (Lipinski definition) is 2. The van der Waals surface area contributed by atoms with E-state index in [-0.39, 0.29) is 5.54 Å². The molecule has 1 aromatic carbocycles. The number of piperidine rings is 1. The first-order valence-corrected chi connectivity index (χ1v) is 6.59. The average molecular weight is 233 g/mol. The van der Waals surface area contributed by atoms with Crippen LogP contribution in [0, 0.1) is 5.92 Å². The Morgan fingerprint density at radius 1 is 1.24 bits per heavy atom. The molecule has 0 amide bonds. The number of hydrogen-bond donors (Lipinski definition) is 1. The smallest absolute Gasteiger partial charge is 0.123 e. The Morgan fingerprint density at radius 2 is 2.00 bits per heavy atom. The first kappa shape index (κ1) is 12.4. The molecule has 0 bridgehead atoms. The quantitative estimate of drug-likeness (QED) is 0.864. The number of nitrogens with one attached hydrogen (secondary N) is 1. The zero-order valence-electron chi connectivity index (χ0n) is 11.1. The van der Waals surface area contributed by atoms with E-state index in [1.54, 1.807) is 7.11 Å². The maximum atomic E-state index is 5.53. The van der Waals surface area contributed by atoms with E-state index in [0.29, 0.717) is 5.92 Å². The molecule has 0 aliphatic carbocycles. The van der Waals surface area contributed by atoms with Gasteiger partial charge in [-0.05, 0) is 37.8 Å². The van der Waals surface area contributed by atoms with Crippen LogP contribution in [0.15, 0.2) is 24.3 Å². The van der Waals surface area contributed by atoms with Crippen molar-refractivity contribution in [3.05, 3.63) is 29.8 Å². The third kappa shape index (κ3) is 2.19. The van der Waals surface area contributed by atoms with Crippen molar-refractivity contribution in [1.82, 2.24) is 5.32 Å². The van der Waals surface area contributed by atoms with Crippen LogP contribution in [-0.2, 0) is 5.54 Å². The largest absolute Gasteiger partial charge is 0.496 e. The van der Waals surface area contributed by atoms with Gasteiger partial charge in [0.15, 0.2) is 0 Å². The first-order chi connectivity index (χ1) is 8.20. The van der Waals surface area contributed by atoms with Crippen LogP contribution in [-0.4, -0.2) is 13.7 Å². The fourth-order valence-electron chi connectivity index (χ4n) is 2.98. The summed E-state index contributed by atoms with van der Waals surface area (Å²) in [4.78, 5) is 0. The summed E-state index contributed by atoms with van der Waals surface area (Å²) in [5.41, 5.74) is 1.40. The summed E-state index contributed by atoms with van der Waals surface area (Å²) in [6, 6.07) is 8.42. The summed E-state index contributed by atoms with van der Waals surface area (Å²) in [5, 5.41) is 3.74. The van der Waals surface area contributed by atoms with Gasteiger partial charge < -0.3 is 10.1 Å². The lowest BCUT2D eigenvalue weighted by Crippen LogP contribution is -2.49. The maximum absolute atomic E-state index is 5.53. The Hall–Kier alpha value is -1.02. The van der Waals surface area contributed by atoms with Gasteiger partial charge in [0.05, 0.1) is 7.11 Å². The monoisotopic (exact) mass is 233 g/mol. The van der Waals surface area contributed by atoms with Crippen LogP contribution in [0.3, 0.4) is 0 Å². The summed E-state index contributed by atoms with van der Waals surface area (Å²) in [6.45, 7) is 5.70. The highest BCUT2D eigenvalue weighted by Gasteiger charge is 2.38. The van der Waals surface area contributed by atoms with Crippen LogP contribution in [0.2, 0.25) is 0 Å². The molecule has 0 radical (unpaired) electrons. The van der Waals surface area contributed by atoms with Crippen molar-refractivity contribution in [3.63, 3.8) is 0 Å². The molecule has 1 aromatic rings. The summed E-state index contributed by atoms with van der Waals surface area (Å²) in [7, 11) is 1.76. The minimum Gasteiger partial charge on any atom is -0.496 e. The highest BCUT2D eigenvalue weighted by atomic mass is 16.5. The van der Waals surface area contributed by atoms with E-state index in [2.05, 4.69) is 37.4 Å². The van der Waals surface area contributed by atoms with E-state index in [9.17, 15) is 0 Å². The Kier molecular flexibility index (Phi) is 3.72. The van der Waals surface area contributed by atoms with Gasteiger partial charge in [-0.25, -0.2) is 0 Å². The molecule has 1 aliphatic heterocycles. The molecule has 1 fully saturated rings. The summed E-state index contributed by atoms with van der Waals surface area (Å²) in [5.74, 6) is 1.58. The Morgan fingerprint density at radius 3 is 2.59 bits per heavy atom. The predicted molar refractivity (Wildman–Crippen MR) is 71.4 cm³/mol. The molecule has 1 unspecified atom stereocenters. The van der Waals surface area contributed by atoms with Gasteiger partial charge in [-0.1, -0.05) is 32.0 Å². The van der Waals surface area contributed by atoms with Gasteiger partial charge in [0.1, 0.15) is 5.75 Å². The normalized spacial score (nSPS) is 24.9. The molecule has 1 atom stereocenters. The molecule has 1 N–H and O–H groups in total. The van der Waals surface area contributed by atoms with Gasteiger partial charge in [-0.2, -0.15) is 0 Å². The van der Waals surface area contributed by atoms with Crippen molar-refractivity contribution in [1.29, 1.82) is 0 Å². The minimum atomic E-state index is 0.0881. The average Bonchev–Trinajstić information content (AvgIpc) is 2.39. The SMILES string of the molecule is COc1ccccc1C1(C(C)C)CCCCN1. The van der Waals surface area contributed by atoms with E-state index < -0.39 is 0 Å². The molecule has 17 heavy (non-hydrogen) atoms. The first-order valence-electron chi connectivity index (χ1n) is 6.59. The lowest BCUT2D eigenvalue weighted by atomic mass is 9.74. The van der Waals surface area contributed by atoms with Crippen molar-refractivity contribution in [2.45, 2.75) is 38.6 Å². The van der Waals surface area contributed by atoms with Crippen molar-refractivity contribution in [3.8, 4) is 5.75 Å². The molecular weight excluding hydrogens is 210 g/mol. The fourth-order valence-corrected chi connectivity index (χ4v) is 2.98. The molecule has 0 saturated carbocycles. The second-order valence-corrected chi connectivity index (χ2v) is 5.21. The predicted octanol–water partition coefficient (Wildman–Crippen LogP) is 3.32. The lowest BCUT2D eigenvalue weighted by molar-refractivity contribution is 0.179. The van der Waals surface area contributed by atoms with Crippen LogP contribution in [0.4, 0.5) is 0 Å². The molecule has 0 spiro atoms. The van der Waals surface area contributed by atoms with Gasteiger partial charge in [-0.15, -0.1) is 0 Å². The summed E-state index contributed by atoms with van der Waals surface area (Å²) in [6.07, 6.45) is 3.78.